The minimum absolute atomic E-state index is 1.10. The van der Waals surface area contributed by atoms with E-state index in [1.165, 1.54) is 147 Å². The van der Waals surface area contributed by atoms with Crippen molar-refractivity contribution in [1.82, 2.24) is 0 Å². The predicted octanol–water partition coefficient (Wildman–Crippen LogP) is 16.0. The molecule has 8 aromatic rings. The maximum atomic E-state index is 2.63. The summed E-state index contributed by atoms with van der Waals surface area (Å²) in [4.78, 5) is 5.26. The van der Waals surface area contributed by atoms with Gasteiger partial charge in [-0.25, -0.2) is 18.3 Å². The largest absolute Gasteiger partial charge is 0.372 e. The second-order valence-electron chi connectivity index (χ2n) is 21.6. The van der Waals surface area contributed by atoms with Gasteiger partial charge >= 0.3 is 0 Å². The molecule has 0 N–H and O–H groups in total. The van der Waals surface area contributed by atoms with Gasteiger partial charge in [-0.3, -0.25) is 0 Å². The van der Waals surface area contributed by atoms with Gasteiger partial charge in [0.15, 0.2) is 49.6 Å². The fourth-order valence-corrected chi connectivity index (χ4v) is 10.5. The first-order chi connectivity index (χ1) is 39.7. The van der Waals surface area contributed by atoms with Crippen LogP contribution in [0.2, 0.25) is 0 Å². The van der Waals surface area contributed by atoms with Crippen LogP contribution in [-0.4, -0.2) is 26.2 Å². The van der Waals surface area contributed by atoms with Crippen LogP contribution >= 0.6 is 0 Å². The average Bonchev–Trinajstić information content (AvgIpc) is 3.52. The lowest BCUT2D eigenvalue weighted by molar-refractivity contribution is -0.697. The zero-order valence-electron chi connectivity index (χ0n) is 47.9. The molecule has 0 aliphatic rings. The zero-order chi connectivity index (χ0) is 54.8. The Morgan fingerprint density at radius 1 is 0.212 bits per heavy atom. The normalized spacial score (nSPS) is 11.6. The van der Waals surface area contributed by atoms with Crippen molar-refractivity contribution in [3.8, 4) is 0 Å². The fourth-order valence-electron chi connectivity index (χ4n) is 10.5. The molecule has 0 unspecified atom stereocenters. The van der Waals surface area contributed by atoms with E-state index in [9.17, 15) is 0 Å². The van der Waals surface area contributed by atoms with Crippen LogP contribution < -0.4 is 28.1 Å². The monoisotopic (exact) mass is 1060 g/mol. The lowest BCUT2D eigenvalue weighted by Crippen LogP contribution is -2.32. The third kappa shape index (κ3) is 22.2. The van der Waals surface area contributed by atoms with Crippen LogP contribution in [0, 0.1) is 0 Å². The summed E-state index contributed by atoms with van der Waals surface area (Å²) in [6.45, 7) is 8.84. The predicted molar refractivity (Wildman–Crippen MR) is 337 cm³/mol. The van der Waals surface area contributed by atoms with Crippen LogP contribution in [0.1, 0.15) is 136 Å². The van der Waals surface area contributed by atoms with Crippen molar-refractivity contribution in [3.63, 3.8) is 0 Å². The first kappa shape index (κ1) is 58.4. The molecular formula is C74H90N6+4. The van der Waals surface area contributed by atoms with Gasteiger partial charge in [0.05, 0.1) is 0 Å². The number of rotatable bonds is 36. The number of unbranched alkanes of at least 4 members (excludes halogenated alkanes) is 12. The molecule has 8 rings (SSSR count). The van der Waals surface area contributed by atoms with Gasteiger partial charge in [0.1, 0.15) is 26.2 Å². The Hall–Kier alpha value is -7.70. The average molecular weight is 1060 g/mol. The lowest BCUT2D eigenvalue weighted by atomic mass is 10.1. The van der Waals surface area contributed by atoms with Crippen molar-refractivity contribution >= 4 is 47.8 Å². The maximum Gasteiger partial charge on any atom is 0.168 e. The molecule has 0 fully saturated rings. The molecule has 0 aliphatic carbocycles. The Morgan fingerprint density at radius 2 is 0.400 bits per heavy atom. The van der Waals surface area contributed by atoms with Crippen LogP contribution in [0.15, 0.2) is 219 Å². The SMILES string of the molecule is C(=C\c1ccc(/C=C/c2ccc(N(CCCCCC[n+]3ccccc3)CCCCCC[n+]3ccccc3)cc2)cc1)/c1ccc(/C=C/c2ccc(N(CCCCCC[n+]3ccccc3)CCCCCC[n+]3ccccc3)cc2)cc1. The molecule has 4 heterocycles. The lowest BCUT2D eigenvalue weighted by Gasteiger charge is -2.25. The van der Waals surface area contributed by atoms with Crippen LogP contribution in [-0.2, 0) is 26.2 Å². The number of hydrogen-bond donors (Lipinski definition) is 0. The van der Waals surface area contributed by atoms with E-state index >= 15 is 0 Å². The summed E-state index contributed by atoms with van der Waals surface area (Å²) in [5.41, 5.74) is 9.92. The van der Waals surface area contributed by atoms with Crippen LogP contribution in [0.25, 0.3) is 36.5 Å². The molecule has 0 saturated carbocycles. The van der Waals surface area contributed by atoms with Gasteiger partial charge in [-0.05, 0) is 109 Å². The topological polar surface area (TPSA) is 22.0 Å². The molecule has 0 atom stereocenters. The molecule has 80 heavy (non-hydrogen) atoms. The quantitative estimate of drug-likeness (QED) is 0.0222. The molecule has 0 spiro atoms. The first-order valence-corrected chi connectivity index (χ1v) is 30.4. The molecule has 0 aliphatic heterocycles. The molecule has 0 radical (unpaired) electrons. The highest BCUT2D eigenvalue weighted by Crippen LogP contribution is 2.22. The minimum Gasteiger partial charge on any atom is -0.372 e. The minimum atomic E-state index is 1.10. The molecule has 412 valence electrons. The van der Waals surface area contributed by atoms with Gasteiger partial charge in [0.25, 0.3) is 0 Å². The summed E-state index contributed by atoms with van der Waals surface area (Å²) in [6.07, 6.45) is 50.7. The highest BCUT2D eigenvalue weighted by atomic mass is 15.1. The van der Waals surface area contributed by atoms with E-state index in [2.05, 4.69) is 284 Å². The molecule has 0 saturated heterocycles. The Morgan fingerprint density at radius 3 is 0.613 bits per heavy atom. The van der Waals surface area contributed by atoms with Gasteiger partial charge in [-0.15, -0.1) is 0 Å². The van der Waals surface area contributed by atoms with Gasteiger partial charge in [0.2, 0.25) is 0 Å². The fraction of sp³-hybridized carbons (Fsp3) is 0.324. The molecular weight excluding hydrogens is 973 g/mol. The second kappa shape index (κ2) is 35.0. The number of hydrogen-bond acceptors (Lipinski definition) is 2. The summed E-state index contributed by atoms with van der Waals surface area (Å²) < 4.78 is 9.19. The Bertz CT molecular complexity index is 2650. The van der Waals surface area contributed by atoms with E-state index in [-0.39, 0.29) is 0 Å². The third-order valence-corrected chi connectivity index (χ3v) is 15.3. The first-order valence-electron chi connectivity index (χ1n) is 30.4. The molecule has 0 bridgehead atoms. The molecule has 4 aromatic carbocycles. The van der Waals surface area contributed by atoms with Crippen molar-refractivity contribution < 1.29 is 18.3 Å². The zero-order valence-corrected chi connectivity index (χ0v) is 47.9. The van der Waals surface area contributed by atoms with Crippen molar-refractivity contribution in [3.05, 3.63) is 253 Å². The molecule has 6 nitrogen and oxygen atoms in total. The Kier molecular flexibility index (Phi) is 25.6. The molecule has 0 amide bonds. The number of benzene rings is 4. The van der Waals surface area contributed by atoms with E-state index in [4.69, 9.17) is 0 Å². The summed E-state index contributed by atoms with van der Waals surface area (Å²) >= 11 is 0. The Labute approximate surface area is 481 Å². The number of nitrogens with zero attached hydrogens (tertiary/aromatic N) is 6. The van der Waals surface area contributed by atoms with Crippen LogP contribution in [0.4, 0.5) is 11.4 Å². The van der Waals surface area contributed by atoms with Crippen molar-refractivity contribution in [2.75, 3.05) is 36.0 Å². The Balaban J connectivity index is 0.771. The number of aromatic nitrogens is 4. The van der Waals surface area contributed by atoms with E-state index in [1.807, 2.05) is 0 Å². The van der Waals surface area contributed by atoms with Gasteiger partial charge in [-0.2, -0.15) is 0 Å². The maximum absolute atomic E-state index is 2.63. The van der Waals surface area contributed by atoms with Gasteiger partial charge < -0.3 is 9.80 Å². The standard InChI is InChI=1S/C74H90N6/c1(13-51-75-55-17-9-18-56-75)5-25-63-79(64-26-6-2-14-52-76-57-19-10-20-58-76)73-47-43-71(44-48-73)41-39-69-35-31-67(32-36-69)29-30-68-33-37-70(38-34-68)40-42-72-45-49-74(50-46-72)80(65-27-7-3-15-53-77-59-21-11-22-60-77)66-28-8-4-16-54-78-61-23-12-24-62-78/h9-12,17-24,29-50,55-62H,1-8,13-16,25-28,51-54,63-66H2/q+4/b30-29+,41-39+,42-40+. The van der Waals surface area contributed by atoms with E-state index in [0.29, 0.717) is 0 Å². The highest BCUT2D eigenvalue weighted by molar-refractivity contribution is 5.75. The van der Waals surface area contributed by atoms with Crippen molar-refractivity contribution in [2.24, 2.45) is 0 Å². The highest BCUT2D eigenvalue weighted by Gasteiger charge is 2.10. The summed E-state index contributed by atoms with van der Waals surface area (Å²) in [7, 11) is 0. The van der Waals surface area contributed by atoms with Gasteiger partial charge in [0, 0.05) is 112 Å². The summed E-state index contributed by atoms with van der Waals surface area (Å²) in [5.74, 6) is 0. The van der Waals surface area contributed by atoms with E-state index < -0.39 is 0 Å². The van der Waals surface area contributed by atoms with Gasteiger partial charge in [-0.1, -0.05) is 159 Å². The van der Waals surface area contributed by atoms with Crippen molar-refractivity contribution in [1.29, 1.82) is 0 Å². The van der Waals surface area contributed by atoms with Crippen molar-refractivity contribution in [2.45, 2.75) is 129 Å². The molecule has 6 heteroatoms. The molecule has 4 aromatic heterocycles. The van der Waals surface area contributed by atoms with E-state index in [0.717, 1.165) is 52.4 Å². The number of aryl methyl sites for hydroxylation is 4. The summed E-state index contributed by atoms with van der Waals surface area (Å²) in [5, 5.41) is 0. The number of anilines is 2. The second-order valence-corrected chi connectivity index (χ2v) is 21.6. The van der Waals surface area contributed by atoms with E-state index in [1.54, 1.807) is 0 Å². The summed E-state index contributed by atoms with van der Waals surface area (Å²) in [6, 6.07) is 61.4. The number of pyridine rings is 4. The van der Waals surface area contributed by atoms with Crippen LogP contribution in [0.3, 0.4) is 0 Å². The smallest absolute Gasteiger partial charge is 0.168 e. The third-order valence-electron chi connectivity index (χ3n) is 15.3. The van der Waals surface area contributed by atoms with Crippen LogP contribution in [0.5, 0.6) is 0 Å².